The van der Waals surface area contributed by atoms with Crippen LogP contribution in [0.3, 0.4) is 0 Å². The van der Waals surface area contributed by atoms with Crippen LogP contribution in [0.15, 0.2) is 84.9 Å². The zero-order valence-electron chi connectivity index (χ0n) is 13.6. The Hall–Kier alpha value is -2.44. The molecule has 3 aromatic carbocycles. The lowest BCUT2D eigenvalue weighted by Gasteiger charge is -2.19. The maximum atomic E-state index is 12.1. The molecule has 0 unspecified atom stereocenters. The van der Waals surface area contributed by atoms with Gasteiger partial charge in [-0.1, -0.05) is 72.8 Å². The first kappa shape index (κ1) is 16.4. The number of esters is 1. The SMILES string of the molecule is CCOC(=O)c1cccc(P(c2ccccc2)c2ccccc2)c1. The molecule has 0 fully saturated rings. The Morgan fingerprint density at radius 1 is 0.792 bits per heavy atom. The maximum absolute atomic E-state index is 12.1. The predicted molar refractivity (Wildman–Crippen MR) is 101 cm³/mol. The first-order valence-corrected chi connectivity index (χ1v) is 9.31. The van der Waals surface area contributed by atoms with E-state index in [1.165, 1.54) is 10.6 Å². The molecule has 0 aliphatic carbocycles. The van der Waals surface area contributed by atoms with Gasteiger partial charge in [0, 0.05) is 0 Å². The van der Waals surface area contributed by atoms with Gasteiger partial charge in [0.15, 0.2) is 0 Å². The molecule has 0 heterocycles. The van der Waals surface area contributed by atoms with Gasteiger partial charge in [-0.15, -0.1) is 0 Å². The summed E-state index contributed by atoms with van der Waals surface area (Å²) in [5.74, 6) is -0.268. The van der Waals surface area contributed by atoms with E-state index in [4.69, 9.17) is 4.74 Å². The standard InChI is InChI=1S/C21H19O2P/c1-2-23-21(22)17-10-9-15-20(16-17)24(18-11-5-3-6-12-18)19-13-7-4-8-14-19/h3-16H,2H2,1H3. The van der Waals surface area contributed by atoms with Crippen molar-refractivity contribution in [2.24, 2.45) is 0 Å². The van der Waals surface area contributed by atoms with Crippen LogP contribution in [-0.2, 0) is 4.74 Å². The normalized spacial score (nSPS) is 10.6. The van der Waals surface area contributed by atoms with Crippen molar-refractivity contribution in [3.8, 4) is 0 Å². The Morgan fingerprint density at radius 2 is 1.33 bits per heavy atom. The minimum Gasteiger partial charge on any atom is -0.462 e. The van der Waals surface area contributed by atoms with Gasteiger partial charge in [0.2, 0.25) is 0 Å². The van der Waals surface area contributed by atoms with E-state index in [1.807, 2.05) is 37.3 Å². The molecule has 0 amide bonds. The lowest BCUT2D eigenvalue weighted by Crippen LogP contribution is -2.21. The van der Waals surface area contributed by atoms with Crippen LogP contribution in [0.2, 0.25) is 0 Å². The molecule has 0 spiro atoms. The number of ether oxygens (including phenoxy) is 1. The molecular formula is C21H19O2P. The monoisotopic (exact) mass is 334 g/mol. The molecule has 120 valence electrons. The molecule has 0 saturated carbocycles. The summed E-state index contributed by atoms with van der Waals surface area (Å²) in [4.78, 5) is 12.1. The van der Waals surface area contributed by atoms with E-state index in [9.17, 15) is 4.79 Å². The van der Waals surface area contributed by atoms with Crippen molar-refractivity contribution in [3.05, 3.63) is 90.5 Å². The number of hydrogen-bond donors (Lipinski definition) is 0. The molecule has 2 nitrogen and oxygen atoms in total. The van der Waals surface area contributed by atoms with Crippen molar-refractivity contribution >= 4 is 29.8 Å². The van der Waals surface area contributed by atoms with Crippen molar-refractivity contribution in [1.82, 2.24) is 0 Å². The van der Waals surface area contributed by atoms with E-state index in [0.717, 1.165) is 5.30 Å². The van der Waals surface area contributed by atoms with Gasteiger partial charge in [-0.2, -0.15) is 0 Å². The quantitative estimate of drug-likeness (QED) is 0.526. The molecule has 3 aromatic rings. The van der Waals surface area contributed by atoms with Gasteiger partial charge < -0.3 is 4.74 Å². The summed E-state index contributed by atoms with van der Waals surface area (Å²) in [7, 11) is -0.704. The average molecular weight is 334 g/mol. The Kier molecular flexibility index (Phi) is 5.40. The van der Waals surface area contributed by atoms with Crippen LogP contribution >= 0.6 is 7.92 Å². The summed E-state index contributed by atoms with van der Waals surface area (Å²) < 4.78 is 5.14. The highest BCUT2D eigenvalue weighted by Crippen LogP contribution is 2.32. The van der Waals surface area contributed by atoms with Crippen LogP contribution in [0, 0.1) is 0 Å². The minimum absolute atomic E-state index is 0.268. The van der Waals surface area contributed by atoms with Crippen LogP contribution in [0.25, 0.3) is 0 Å². The van der Waals surface area contributed by atoms with Gasteiger partial charge in [-0.3, -0.25) is 0 Å². The van der Waals surface area contributed by atoms with Crippen molar-refractivity contribution in [1.29, 1.82) is 0 Å². The highest BCUT2D eigenvalue weighted by molar-refractivity contribution is 7.79. The second-order valence-corrected chi connectivity index (χ2v) is 7.50. The zero-order chi connectivity index (χ0) is 16.8. The van der Waals surface area contributed by atoms with E-state index < -0.39 is 7.92 Å². The summed E-state index contributed by atoms with van der Waals surface area (Å²) in [6, 6.07) is 28.7. The van der Waals surface area contributed by atoms with Crippen LogP contribution in [0.4, 0.5) is 0 Å². The van der Waals surface area contributed by atoms with Crippen LogP contribution in [-0.4, -0.2) is 12.6 Å². The lowest BCUT2D eigenvalue weighted by molar-refractivity contribution is 0.0526. The lowest BCUT2D eigenvalue weighted by atomic mass is 10.2. The van der Waals surface area contributed by atoms with Crippen molar-refractivity contribution in [3.63, 3.8) is 0 Å². The van der Waals surface area contributed by atoms with E-state index in [0.29, 0.717) is 12.2 Å². The van der Waals surface area contributed by atoms with Crippen LogP contribution < -0.4 is 15.9 Å². The molecule has 3 heteroatoms. The summed E-state index contributed by atoms with van der Waals surface area (Å²) >= 11 is 0. The number of benzene rings is 3. The fraction of sp³-hybridized carbons (Fsp3) is 0.0952. The van der Waals surface area contributed by atoms with Gasteiger partial charge in [-0.25, -0.2) is 4.79 Å². The highest BCUT2D eigenvalue weighted by atomic mass is 31.1. The number of carbonyl (C=O) groups is 1. The average Bonchev–Trinajstić information content (AvgIpc) is 2.64. The van der Waals surface area contributed by atoms with E-state index >= 15 is 0 Å². The third kappa shape index (κ3) is 3.72. The third-order valence-electron chi connectivity index (χ3n) is 3.64. The van der Waals surface area contributed by atoms with Crippen LogP contribution in [0.1, 0.15) is 17.3 Å². The number of hydrogen-bond acceptors (Lipinski definition) is 2. The molecular weight excluding hydrogens is 315 g/mol. The topological polar surface area (TPSA) is 26.3 Å². The Morgan fingerprint density at radius 3 is 1.88 bits per heavy atom. The van der Waals surface area contributed by atoms with Gasteiger partial charge in [0.05, 0.1) is 12.2 Å². The highest BCUT2D eigenvalue weighted by Gasteiger charge is 2.17. The number of carbonyl (C=O) groups excluding carboxylic acids is 1. The van der Waals surface area contributed by atoms with Gasteiger partial charge in [0.25, 0.3) is 0 Å². The molecule has 0 saturated heterocycles. The van der Waals surface area contributed by atoms with Crippen molar-refractivity contribution < 1.29 is 9.53 Å². The Balaban J connectivity index is 2.07. The van der Waals surface area contributed by atoms with Crippen molar-refractivity contribution in [2.75, 3.05) is 6.61 Å². The van der Waals surface area contributed by atoms with Gasteiger partial charge in [-0.05, 0) is 42.9 Å². The Bertz CT molecular complexity index is 761. The van der Waals surface area contributed by atoms with E-state index in [1.54, 1.807) is 0 Å². The molecule has 0 N–H and O–H groups in total. The zero-order valence-corrected chi connectivity index (χ0v) is 14.4. The molecule has 0 aromatic heterocycles. The van der Waals surface area contributed by atoms with Crippen molar-refractivity contribution in [2.45, 2.75) is 6.92 Å². The minimum atomic E-state index is -0.704. The largest absolute Gasteiger partial charge is 0.462 e. The number of rotatable bonds is 5. The Labute approximate surface area is 143 Å². The van der Waals surface area contributed by atoms with Gasteiger partial charge >= 0.3 is 5.97 Å². The molecule has 0 aliphatic rings. The smallest absolute Gasteiger partial charge is 0.338 e. The molecule has 0 radical (unpaired) electrons. The summed E-state index contributed by atoms with van der Waals surface area (Å²) in [6.45, 7) is 2.21. The summed E-state index contributed by atoms with van der Waals surface area (Å²) in [5.41, 5.74) is 0.605. The molecule has 3 rings (SSSR count). The van der Waals surface area contributed by atoms with E-state index in [-0.39, 0.29) is 5.97 Å². The third-order valence-corrected chi connectivity index (χ3v) is 6.07. The first-order chi connectivity index (χ1) is 11.8. The second-order valence-electron chi connectivity index (χ2n) is 5.28. The maximum Gasteiger partial charge on any atom is 0.338 e. The molecule has 24 heavy (non-hydrogen) atoms. The van der Waals surface area contributed by atoms with Crippen LogP contribution in [0.5, 0.6) is 0 Å². The second kappa shape index (κ2) is 7.90. The van der Waals surface area contributed by atoms with E-state index in [2.05, 4.69) is 54.6 Å². The molecule has 0 atom stereocenters. The summed E-state index contributed by atoms with van der Waals surface area (Å²) in [5, 5.41) is 3.67. The fourth-order valence-electron chi connectivity index (χ4n) is 2.59. The summed E-state index contributed by atoms with van der Waals surface area (Å²) in [6.07, 6.45) is 0. The molecule has 0 bridgehead atoms. The van der Waals surface area contributed by atoms with Gasteiger partial charge in [0.1, 0.15) is 0 Å². The fourth-order valence-corrected chi connectivity index (χ4v) is 4.93. The molecule has 0 aliphatic heterocycles. The first-order valence-electron chi connectivity index (χ1n) is 7.97. The predicted octanol–water partition coefficient (Wildman–Crippen LogP) is 3.62.